The first-order valence-corrected chi connectivity index (χ1v) is 27.5. The standard InChI is InChI=1S/C76H62N4/c1-55-51-69(43-47-73(55)61-23-11-5-12-24-61)79(70-44-48-74(56(2)52-70)62-25-13-6-14-26-62)77(65-31-19-9-20-32-65)67-39-35-59(36-40-67)60-37-41-68(42-38-60)78(66-33-21-10-22-34-66)80(71-45-49-75(57(3)53-71)63-27-15-7-16-28-63)72-46-50-76(58(4)54-72)64-29-17-8-18-30-64/h5-54H,1-4H3. The Balaban J connectivity index is 0.935. The lowest BCUT2D eigenvalue weighted by Gasteiger charge is -2.39. The van der Waals surface area contributed by atoms with Crippen molar-refractivity contribution in [2.45, 2.75) is 27.7 Å². The summed E-state index contributed by atoms with van der Waals surface area (Å²) in [6.07, 6.45) is 0. The lowest BCUT2D eigenvalue weighted by atomic mass is 9.98. The van der Waals surface area contributed by atoms with E-state index in [1.807, 2.05) is 0 Å². The van der Waals surface area contributed by atoms with Gasteiger partial charge in [-0.25, -0.2) is 20.0 Å². The van der Waals surface area contributed by atoms with Crippen LogP contribution in [0.1, 0.15) is 22.3 Å². The Kier molecular flexibility index (Phi) is 14.4. The molecule has 0 heterocycles. The van der Waals surface area contributed by atoms with Crippen LogP contribution in [0.25, 0.3) is 55.6 Å². The van der Waals surface area contributed by atoms with Crippen molar-refractivity contribution in [2.75, 3.05) is 20.0 Å². The van der Waals surface area contributed by atoms with Crippen LogP contribution < -0.4 is 20.0 Å². The van der Waals surface area contributed by atoms with E-state index < -0.39 is 0 Å². The fraction of sp³-hybridized carbons (Fsp3) is 0.0526. The highest BCUT2D eigenvalue weighted by atomic mass is 15.6. The molecule has 386 valence electrons. The summed E-state index contributed by atoms with van der Waals surface area (Å²) in [5.74, 6) is 0. The highest BCUT2D eigenvalue weighted by Crippen LogP contribution is 2.43. The predicted octanol–water partition coefficient (Wildman–Crippen LogP) is 21.0. The lowest BCUT2D eigenvalue weighted by molar-refractivity contribution is 0.987. The first kappa shape index (κ1) is 50.6. The van der Waals surface area contributed by atoms with Crippen LogP contribution in [-0.4, -0.2) is 0 Å². The van der Waals surface area contributed by atoms with Crippen LogP contribution in [-0.2, 0) is 0 Å². The molecule has 12 aromatic carbocycles. The summed E-state index contributed by atoms with van der Waals surface area (Å²) < 4.78 is 0. The summed E-state index contributed by atoms with van der Waals surface area (Å²) in [6.45, 7) is 8.86. The van der Waals surface area contributed by atoms with E-state index in [4.69, 9.17) is 0 Å². The van der Waals surface area contributed by atoms with Gasteiger partial charge in [0.05, 0.1) is 45.5 Å². The van der Waals surface area contributed by atoms with Gasteiger partial charge in [0.15, 0.2) is 0 Å². The van der Waals surface area contributed by atoms with Gasteiger partial charge in [0.1, 0.15) is 0 Å². The van der Waals surface area contributed by atoms with E-state index in [0.29, 0.717) is 0 Å². The van der Waals surface area contributed by atoms with Crippen LogP contribution in [0.2, 0.25) is 0 Å². The first-order valence-electron chi connectivity index (χ1n) is 27.5. The molecule has 0 aliphatic carbocycles. The highest BCUT2D eigenvalue weighted by molar-refractivity contribution is 5.85. The molecule has 0 unspecified atom stereocenters. The Morgan fingerprint density at radius 3 is 0.575 bits per heavy atom. The third kappa shape index (κ3) is 10.5. The molecule has 4 heteroatoms. The molecule has 12 rings (SSSR count). The number of para-hydroxylation sites is 2. The molecule has 0 fully saturated rings. The fourth-order valence-corrected chi connectivity index (χ4v) is 11.1. The number of benzene rings is 12. The van der Waals surface area contributed by atoms with Crippen LogP contribution in [0.5, 0.6) is 0 Å². The monoisotopic (exact) mass is 1030 g/mol. The maximum atomic E-state index is 2.36. The van der Waals surface area contributed by atoms with Gasteiger partial charge in [0.2, 0.25) is 0 Å². The molecule has 0 aliphatic heterocycles. The third-order valence-corrected chi connectivity index (χ3v) is 15.1. The van der Waals surface area contributed by atoms with Crippen molar-refractivity contribution in [2.24, 2.45) is 0 Å². The van der Waals surface area contributed by atoms with Crippen molar-refractivity contribution >= 4 is 45.5 Å². The van der Waals surface area contributed by atoms with Gasteiger partial charge in [0, 0.05) is 0 Å². The van der Waals surface area contributed by atoms with Crippen molar-refractivity contribution in [3.05, 3.63) is 326 Å². The molecule has 80 heavy (non-hydrogen) atoms. The molecule has 0 atom stereocenters. The van der Waals surface area contributed by atoms with Gasteiger partial charge in [-0.2, -0.15) is 0 Å². The average molecular weight is 1030 g/mol. The van der Waals surface area contributed by atoms with Crippen molar-refractivity contribution < 1.29 is 0 Å². The largest absolute Gasteiger partial charge is 0.249 e. The number of hydrazine groups is 2. The van der Waals surface area contributed by atoms with E-state index in [2.05, 4.69) is 351 Å². The summed E-state index contributed by atoms with van der Waals surface area (Å²) in [7, 11) is 0. The van der Waals surface area contributed by atoms with E-state index in [1.54, 1.807) is 0 Å². The third-order valence-electron chi connectivity index (χ3n) is 15.1. The molecule has 0 bridgehead atoms. The molecule has 0 saturated carbocycles. The molecular weight excluding hydrogens is 969 g/mol. The number of rotatable bonds is 15. The topological polar surface area (TPSA) is 13.0 Å². The molecule has 12 aromatic rings. The molecular formula is C76H62N4. The summed E-state index contributed by atoms with van der Waals surface area (Å²) in [6, 6.07) is 109. The zero-order valence-corrected chi connectivity index (χ0v) is 45.7. The fourth-order valence-electron chi connectivity index (χ4n) is 11.1. The second-order valence-corrected chi connectivity index (χ2v) is 20.5. The van der Waals surface area contributed by atoms with Gasteiger partial charge >= 0.3 is 0 Å². The SMILES string of the molecule is Cc1cc(N(c2ccc(-c3ccccc3)c(C)c2)N(c2ccccc2)c2ccc(-c3ccc(N(c4ccccc4)N(c4ccc(-c5ccccc5)c(C)c4)c4ccc(-c5ccccc5)c(C)c4)cc3)cc2)ccc1-c1ccccc1. The Morgan fingerprint density at radius 1 is 0.163 bits per heavy atom. The van der Waals surface area contributed by atoms with Gasteiger partial charge < -0.3 is 0 Å². The van der Waals surface area contributed by atoms with Crippen molar-refractivity contribution in [3.8, 4) is 55.6 Å². The summed E-state index contributed by atoms with van der Waals surface area (Å²) in [5, 5.41) is 9.41. The molecule has 0 aliphatic rings. The zero-order valence-electron chi connectivity index (χ0n) is 45.7. The number of nitrogens with zero attached hydrogens (tertiary/aromatic N) is 4. The Labute approximate surface area is 471 Å². The maximum Gasteiger partial charge on any atom is 0.0639 e. The van der Waals surface area contributed by atoms with E-state index in [1.165, 1.54) is 66.8 Å². The molecule has 0 saturated heterocycles. The summed E-state index contributed by atoms with van der Waals surface area (Å²) in [5.41, 5.74) is 25.0. The Morgan fingerprint density at radius 2 is 0.350 bits per heavy atom. The van der Waals surface area contributed by atoms with Gasteiger partial charge in [-0.05, 0) is 203 Å². The second-order valence-electron chi connectivity index (χ2n) is 20.5. The molecule has 4 nitrogen and oxygen atoms in total. The van der Waals surface area contributed by atoms with Crippen LogP contribution in [0, 0.1) is 27.7 Å². The predicted molar refractivity (Wildman–Crippen MR) is 340 cm³/mol. The molecule has 0 aromatic heterocycles. The van der Waals surface area contributed by atoms with Crippen LogP contribution in [0.3, 0.4) is 0 Å². The quantitative estimate of drug-likeness (QED) is 0.0949. The van der Waals surface area contributed by atoms with E-state index in [-0.39, 0.29) is 0 Å². The van der Waals surface area contributed by atoms with E-state index in [0.717, 1.165) is 56.6 Å². The Bertz CT molecular complexity index is 3570. The van der Waals surface area contributed by atoms with Gasteiger partial charge in [-0.15, -0.1) is 0 Å². The van der Waals surface area contributed by atoms with Crippen molar-refractivity contribution in [1.82, 2.24) is 0 Å². The number of hydrogen-bond donors (Lipinski definition) is 0. The Hall–Kier alpha value is -10.2. The molecule has 0 spiro atoms. The molecule has 0 N–H and O–H groups in total. The van der Waals surface area contributed by atoms with Crippen molar-refractivity contribution in [3.63, 3.8) is 0 Å². The summed E-state index contributed by atoms with van der Waals surface area (Å²) in [4.78, 5) is 0. The minimum Gasteiger partial charge on any atom is -0.249 e. The number of hydrogen-bond acceptors (Lipinski definition) is 4. The minimum absolute atomic E-state index is 1.03. The maximum absolute atomic E-state index is 2.36. The second kappa shape index (κ2) is 22.8. The highest BCUT2D eigenvalue weighted by Gasteiger charge is 2.26. The zero-order chi connectivity index (χ0) is 54.4. The van der Waals surface area contributed by atoms with Gasteiger partial charge in [-0.1, -0.05) is 206 Å². The van der Waals surface area contributed by atoms with E-state index >= 15 is 0 Å². The number of aryl methyl sites for hydroxylation is 4. The molecule has 0 amide bonds. The first-order chi connectivity index (χ1) is 39.3. The normalized spacial score (nSPS) is 11.0. The van der Waals surface area contributed by atoms with E-state index in [9.17, 15) is 0 Å². The smallest absolute Gasteiger partial charge is 0.0639 e. The van der Waals surface area contributed by atoms with Crippen LogP contribution in [0.4, 0.5) is 45.5 Å². The summed E-state index contributed by atoms with van der Waals surface area (Å²) >= 11 is 0. The average Bonchev–Trinajstić information content (AvgIpc) is 3.53. The van der Waals surface area contributed by atoms with Gasteiger partial charge in [-0.3, -0.25) is 0 Å². The van der Waals surface area contributed by atoms with Crippen LogP contribution in [0.15, 0.2) is 303 Å². The molecule has 0 radical (unpaired) electrons. The minimum atomic E-state index is 1.03. The van der Waals surface area contributed by atoms with Crippen LogP contribution >= 0.6 is 0 Å². The number of anilines is 8. The lowest BCUT2D eigenvalue weighted by Crippen LogP contribution is -2.36. The van der Waals surface area contributed by atoms with Gasteiger partial charge in [0.25, 0.3) is 0 Å². The van der Waals surface area contributed by atoms with Crippen molar-refractivity contribution in [1.29, 1.82) is 0 Å².